The molecule has 0 aromatic heterocycles. The number of rotatable bonds is 5. The Morgan fingerprint density at radius 1 is 1.44 bits per heavy atom. The van der Waals surface area contributed by atoms with Crippen LogP contribution in [0.15, 0.2) is 24.9 Å². The maximum atomic E-state index is 12.1. The van der Waals surface area contributed by atoms with E-state index in [9.17, 15) is 14.4 Å². The van der Waals surface area contributed by atoms with E-state index in [1.165, 1.54) is 6.08 Å². The van der Waals surface area contributed by atoms with Gasteiger partial charge in [-0.1, -0.05) is 6.08 Å². The lowest BCUT2D eigenvalue weighted by molar-refractivity contribution is -0.623. The smallest absolute Gasteiger partial charge is 0.314 e. The van der Waals surface area contributed by atoms with Crippen molar-refractivity contribution in [1.29, 1.82) is 0 Å². The van der Waals surface area contributed by atoms with Crippen molar-refractivity contribution >= 4 is 17.8 Å². The highest BCUT2D eigenvalue weighted by Gasteiger charge is 2.44. The van der Waals surface area contributed by atoms with E-state index in [4.69, 9.17) is 0 Å². The van der Waals surface area contributed by atoms with Crippen LogP contribution in [0.1, 0.15) is 12.8 Å². The minimum absolute atomic E-state index is 0.0884. The topological polar surface area (TPSA) is 83.1 Å². The molecule has 96 valence electrons. The number of nitrogens with one attached hydrogen (secondary N) is 1. The Kier molecular flexibility index (Phi) is 3.29. The molecule has 0 unspecified atom stereocenters. The molecular formula is C12H16N3O3+. The minimum atomic E-state index is -0.983. The van der Waals surface area contributed by atoms with Crippen LogP contribution in [0.25, 0.3) is 0 Å². The van der Waals surface area contributed by atoms with Crippen LogP contribution in [0.2, 0.25) is 0 Å². The molecule has 2 rings (SSSR count). The van der Waals surface area contributed by atoms with Gasteiger partial charge in [-0.15, -0.1) is 6.58 Å². The van der Waals surface area contributed by atoms with Crippen molar-refractivity contribution in [3.8, 4) is 0 Å². The van der Waals surface area contributed by atoms with Crippen molar-refractivity contribution in [3.63, 3.8) is 0 Å². The maximum Gasteiger partial charge on any atom is 0.331 e. The Bertz CT molecular complexity index is 440. The summed E-state index contributed by atoms with van der Waals surface area (Å²) in [5, 5.41) is 4.02. The summed E-state index contributed by atoms with van der Waals surface area (Å²) in [6.07, 6.45) is 3.57. The molecule has 1 aliphatic carbocycles. The predicted molar refractivity (Wildman–Crippen MR) is 63.0 cm³/mol. The van der Waals surface area contributed by atoms with Gasteiger partial charge in [0.2, 0.25) is 0 Å². The Balaban J connectivity index is 2.13. The predicted octanol–water partition coefficient (Wildman–Crippen LogP) is -0.893. The zero-order chi connectivity index (χ0) is 13.3. The van der Waals surface area contributed by atoms with Crippen LogP contribution >= 0.6 is 0 Å². The molecule has 1 aliphatic heterocycles. The van der Waals surface area contributed by atoms with E-state index >= 15 is 0 Å². The number of nitrogens with zero attached hydrogens (tertiary/aromatic N) is 1. The van der Waals surface area contributed by atoms with Crippen molar-refractivity contribution < 1.29 is 19.7 Å². The first-order valence-corrected chi connectivity index (χ1v) is 5.85. The second-order valence-electron chi connectivity index (χ2n) is 4.54. The van der Waals surface area contributed by atoms with E-state index in [-0.39, 0.29) is 6.54 Å². The molecule has 2 fully saturated rings. The number of urea groups is 1. The maximum absolute atomic E-state index is 12.1. The van der Waals surface area contributed by atoms with Crippen molar-refractivity contribution in [2.45, 2.75) is 18.9 Å². The number of quaternary nitrogens is 1. The van der Waals surface area contributed by atoms with E-state index in [1.807, 2.05) is 5.32 Å². The molecule has 2 aliphatic rings. The number of nitrogens with two attached hydrogens (primary N) is 1. The average molecular weight is 250 g/mol. The summed E-state index contributed by atoms with van der Waals surface area (Å²) in [5.74, 6) is -2.10. The van der Waals surface area contributed by atoms with Gasteiger partial charge in [-0.25, -0.2) is 4.79 Å². The highest BCUT2D eigenvalue weighted by atomic mass is 16.2. The molecule has 3 N–H and O–H groups in total. The van der Waals surface area contributed by atoms with Crippen LogP contribution in [0, 0.1) is 5.92 Å². The fraction of sp³-hybridized carbons (Fsp3) is 0.417. The summed E-state index contributed by atoms with van der Waals surface area (Å²) in [6.45, 7) is 7.35. The summed E-state index contributed by atoms with van der Waals surface area (Å²) in [7, 11) is 0. The second-order valence-corrected chi connectivity index (χ2v) is 4.54. The van der Waals surface area contributed by atoms with Gasteiger partial charge in [-0.05, 0) is 6.58 Å². The van der Waals surface area contributed by atoms with Crippen molar-refractivity contribution in [1.82, 2.24) is 10.2 Å². The van der Waals surface area contributed by atoms with E-state index in [2.05, 4.69) is 18.5 Å². The Morgan fingerprint density at radius 2 is 2.11 bits per heavy atom. The SMILES string of the molecule is C=CCN1C(=O)NC(=O)[C@H](C(=C)[NH2+]C2CC2)C1=O. The number of hydrogen-bond donors (Lipinski definition) is 2. The number of carbonyl (C=O) groups is 3. The summed E-state index contributed by atoms with van der Waals surface area (Å²) in [5.41, 5.74) is 0.474. The molecule has 0 radical (unpaired) electrons. The molecule has 4 amide bonds. The molecule has 18 heavy (non-hydrogen) atoms. The fourth-order valence-electron chi connectivity index (χ4n) is 1.90. The van der Waals surface area contributed by atoms with Crippen molar-refractivity contribution in [2.24, 2.45) is 5.92 Å². The lowest BCUT2D eigenvalue weighted by Gasteiger charge is -2.28. The van der Waals surface area contributed by atoms with Gasteiger partial charge in [0.1, 0.15) is 5.70 Å². The Hall–Kier alpha value is -1.95. The van der Waals surface area contributed by atoms with Gasteiger partial charge in [0.05, 0.1) is 6.04 Å². The summed E-state index contributed by atoms with van der Waals surface area (Å²) >= 11 is 0. The molecule has 1 atom stereocenters. The third-order valence-electron chi connectivity index (χ3n) is 3.00. The molecule has 1 saturated heterocycles. The van der Waals surface area contributed by atoms with E-state index in [1.54, 1.807) is 0 Å². The van der Waals surface area contributed by atoms with E-state index in [0.29, 0.717) is 11.7 Å². The fourth-order valence-corrected chi connectivity index (χ4v) is 1.90. The first-order valence-electron chi connectivity index (χ1n) is 5.85. The highest BCUT2D eigenvalue weighted by molar-refractivity contribution is 6.17. The normalized spacial score (nSPS) is 23.9. The van der Waals surface area contributed by atoms with Crippen LogP contribution in [0.3, 0.4) is 0 Å². The molecule has 1 saturated carbocycles. The van der Waals surface area contributed by atoms with Gasteiger partial charge in [0, 0.05) is 19.4 Å². The molecule has 0 aromatic carbocycles. The number of amides is 4. The monoisotopic (exact) mass is 250 g/mol. The number of carbonyl (C=O) groups excluding carboxylic acids is 3. The largest absolute Gasteiger partial charge is 0.331 e. The minimum Gasteiger partial charge on any atom is -0.314 e. The first-order chi connectivity index (χ1) is 8.54. The van der Waals surface area contributed by atoms with Crippen molar-refractivity contribution in [2.75, 3.05) is 6.54 Å². The molecule has 0 bridgehead atoms. The number of imide groups is 2. The lowest BCUT2D eigenvalue weighted by Crippen LogP contribution is -2.86. The van der Waals surface area contributed by atoms with Gasteiger partial charge in [0.15, 0.2) is 5.92 Å². The third-order valence-corrected chi connectivity index (χ3v) is 3.00. The van der Waals surface area contributed by atoms with E-state index < -0.39 is 23.8 Å². The van der Waals surface area contributed by atoms with Crippen LogP contribution in [-0.2, 0) is 9.59 Å². The zero-order valence-electron chi connectivity index (χ0n) is 10.0. The van der Waals surface area contributed by atoms with Gasteiger partial charge in [-0.3, -0.25) is 19.8 Å². The molecular weight excluding hydrogens is 234 g/mol. The van der Waals surface area contributed by atoms with Crippen molar-refractivity contribution in [3.05, 3.63) is 24.9 Å². The molecule has 6 heteroatoms. The van der Waals surface area contributed by atoms with Crippen LogP contribution in [-0.4, -0.2) is 35.3 Å². The highest BCUT2D eigenvalue weighted by Crippen LogP contribution is 2.18. The molecule has 0 aromatic rings. The van der Waals surface area contributed by atoms with E-state index in [0.717, 1.165) is 17.7 Å². The van der Waals surface area contributed by atoms with Gasteiger partial charge < -0.3 is 5.32 Å². The second kappa shape index (κ2) is 4.73. The zero-order valence-corrected chi connectivity index (χ0v) is 10.0. The summed E-state index contributed by atoms with van der Waals surface area (Å²) < 4.78 is 0. The standard InChI is InChI=1S/C12H15N3O3/c1-3-6-15-11(17)9(10(16)14-12(15)18)7(2)13-8-4-5-8/h3,8-9,13H,1-2,4-6H2,(H,14,16,18)/p+1/t9-/m0/s1. The summed E-state index contributed by atoms with van der Waals surface area (Å²) in [6, 6.07) is -0.274. The van der Waals surface area contributed by atoms with Crippen LogP contribution in [0.5, 0.6) is 0 Å². The first kappa shape index (κ1) is 12.5. The van der Waals surface area contributed by atoms with Gasteiger partial charge in [0.25, 0.3) is 11.8 Å². The van der Waals surface area contributed by atoms with Gasteiger partial charge >= 0.3 is 6.03 Å². The number of barbiturate groups is 1. The Morgan fingerprint density at radius 3 is 2.67 bits per heavy atom. The summed E-state index contributed by atoms with van der Waals surface area (Å²) in [4.78, 5) is 36.3. The third kappa shape index (κ3) is 2.33. The Labute approximate surface area is 105 Å². The molecule has 0 spiro atoms. The van der Waals surface area contributed by atoms with Crippen LogP contribution in [0.4, 0.5) is 4.79 Å². The number of hydrogen-bond acceptors (Lipinski definition) is 3. The molecule has 1 heterocycles. The molecule has 6 nitrogen and oxygen atoms in total. The lowest BCUT2D eigenvalue weighted by atomic mass is 10.0. The van der Waals surface area contributed by atoms with Gasteiger partial charge in [-0.2, -0.15) is 0 Å². The van der Waals surface area contributed by atoms with Crippen LogP contribution < -0.4 is 10.6 Å². The average Bonchev–Trinajstić information content (AvgIpc) is 3.07. The quantitative estimate of drug-likeness (QED) is 0.490.